The van der Waals surface area contributed by atoms with Crippen LogP contribution in [0.3, 0.4) is 0 Å². The van der Waals surface area contributed by atoms with Crippen molar-refractivity contribution in [3.05, 3.63) is 0 Å². The van der Waals surface area contributed by atoms with Crippen LogP contribution in [0.2, 0.25) is 0 Å². The number of hydrogen-bond acceptors (Lipinski definition) is 1. The van der Waals surface area contributed by atoms with Crippen molar-refractivity contribution < 1.29 is 8.78 Å². The van der Waals surface area contributed by atoms with Gasteiger partial charge in [-0.1, -0.05) is 0 Å². The molecule has 0 spiro atoms. The molecule has 0 N–H and O–H groups in total. The van der Waals surface area contributed by atoms with Crippen LogP contribution in [0.15, 0.2) is 0 Å². The largest absolute Gasteiger partial charge is 0.251 e. The molecule has 0 radical (unpaired) electrons. The molecule has 2 aliphatic rings. The first-order chi connectivity index (χ1) is 6.08. The second-order valence-electron chi connectivity index (χ2n) is 4.45. The smallest absolute Gasteiger partial charge is 0.207 e. The highest BCUT2D eigenvalue weighted by atomic mass is 19.3. The van der Waals surface area contributed by atoms with E-state index in [1.807, 2.05) is 0 Å². The lowest BCUT2D eigenvalue weighted by molar-refractivity contribution is -0.0436. The first-order valence-corrected chi connectivity index (χ1v) is 4.87. The zero-order valence-electron chi connectivity index (χ0n) is 7.52. The monoisotopic (exact) mass is 185 g/mol. The van der Waals surface area contributed by atoms with Gasteiger partial charge in [-0.15, -0.1) is 0 Å². The van der Waals surface area contributed by atoms with Crippen LogP contribution in [0, 0.1) is 22.7 Å². The molecule has 1 atom stereocenters. The number of alkyl halides is 2. The van der Waals surface area contributed by atoms with E-state index in [0.29, 0.717) is 19.3 Å². The first kappa shape index (κ1) is 8.93. The van der Waals surface area contributed by atoms with Crippen molar-refractivity contribution in [3.8, 4) is 6.07 Å². The Bertz CT molecular complexity index is 250. The van der Waals surface area contributed by atoms with Gasteiger partial charge < -0.3 is 0 Å². The summed E-state index contributed by atoms with van der Waals surface area (Å²) in [5.41, 5.74) is -0.363. The molecular weight excluding hydrogens is 172 g/mol. The highest BCUT2D eigenvalue weighted by molar-refractivity contribution is 5.11. The van der Waals surface area contributed by atoms with E-state index < -0.39 is 11.8 Å². The summed E-state index contributed by atoms with van der Waals surface area (Å²) in [4.78, 5) is 0. The van der Waals surface area contributed by atoms with Crippen molar-refractivity contribution >= 4 is 0 Å². The zero-order valence-corrected chi connectivity index (χ0v) is 7.52. The average molecular weight is 185 g/mol. The van der Waals surface area contributed by atoms with Gasteiger partial charge in [0.05, 0.1) is 11.5 Å². The molecule has 0 amide bonds. The Hall–Kier alpha value is -0.650. The van der Waals surface area contributed by atoms with Gasteiger partial charge in [0.15, 0.2) is 0 Å². The summed E-state index contributed by atoms with van der Waals surface area (Å²) in [6, 6.07) is 2.18. The van der Waals surface area contributed by atoms with Crippen molar-refractivity contribution in [1.29, 1.82) is 5.26 Å². The van der Waals surface area contributed by atoms with Crippen molar-refractivity contribution in [2.45, 2.75) is 44.4 Å². The van der Waals surface area contributed by atoms with E-state index in [1.165, 1.54) is 0 Å². The summed E-state index contributed by atoms with van der Waals surface area (Å²) in [5, 5.41) is 8.79. The molecule has 13 heavy (non-hydrogen) atoms. The third-order valence-electron chi connectivity index (χ3n) is 3.39. The Balaban J connectivity index is 1.99. The molecule has 0 aromatic heterocycles. The predicted molar refractivity (Wildman–Crippen MR) is 44.2 cm³/mol. The topological polar surface area (TPSA) is 23.8 Å². The van der Waals surface area contributed by atoms with Crippen LogP contribution in [-0.2, 0) is 0 Å². The third-order valence-corrected chi connectivity index (χ3v) is 3.39. The summed E-state index contributed by atoms with van der Waals surface area (Å²) in [5.74, 6) is -3.01. The molecule has 0 aliphatic heterocycles. The van der Waals surface area contributed by atoms with Crippen LogP contribution >= 0.6 is 0 Å². The molecular formula is C10H13F2N. The van der Waals surface area contributed by atoms with Crippen molar-refractivity contribution in [1.82, 2.24) is 0 Å². The molecule has 1 unspecified atom stereocenters. The Morgan fingerprint density at radius 1 is 1.31 bits per heavy atom. The van der Waals surface area contributed by atoms with Gasteiger partial charge in [-0.2, -0.15) is 5.26 Å². The number of hydrogen-bond donors (Lipinski definition) is 0. The van der Waals surface area contributed by atoms with Gasteiger partial charge >= 0.3 is 0 Å². The zero-order chi connectivity index (χ0) is 9.53. The highest BCUT2D eigenvalue weighted by Crippen LogP contribution is 2.55. The van der Waals surface area contributed by atoms with Gasteiger partial charge in [0.25, 0.3) is 5.92 Å². The number of rotatable bonds is 2. The minimum Gasteiger partial charge on any atom is -0.207 e. The number of nitrogens with zero attached hydrogens (tertiary/aromatic N) is 1. The Labute approximate surface area is 76.7 Å². The summed E-state index contributed by atoms with van der Waals surface area (Å²) >= 11 is 0. The van der Waals surface area contributed by atoms with Crippen LogP contribution < -0.4 is 0 Å². The van der Waals surface area contributed by atoms with Gasteiger partial charge in [0.2, 0.25) is 0 Å². The molecule has 1 nitrogen and oxygen atoms in total. The molecule has 0 aromatic rings. The molecule has 2 fully saturated rings. The third kappa shape index (κ3) is 1.54. The van der Waals surface area contributed by atoms with E-state index in [2.05, 4.69) is 6.07 Å². The number of halogens is 2. The Morgan fingerprint density at radius 2 is 2.00 bits per heavy atom. The van der Waals surface area contributed by atoms with Crippen molar-refractivity contribution in [3.63, 3.8) is 0 Å². The predicted octanol–water partition coefficient (Wildman–Crippen LogP) is 3.12. The molecule has 3 heteroatoms. The van der Waals surface area contributed by atoms with Crippen LogP contribution in [0.4, 0.5) is 8.78 Å². The summed E-state index contributed by atoms with van der Waals surface area (Å²) in [6.45, 7) is 0. The Kier molecular flexibility index (Phi) is 1.83. The highest BCUT2D eigenvalue weighted by Gasteiger charge is 2.52. The van der Waals surface area contributed by atoms with Crippen LogP contribution in [-0.4, -0.2) is 5.92 Å². The average Bonchev–Trinajstić information content (AvgIpc) is 2.76. The molecule has 2 rings (SSSR count). The molecule has 72 valence electrons. The quantitative estimate of drug-likeness (QED) is 0.648. The second-order valence-corrected chi connectivity index (χ2v) is 4.45. The minimum atomic E-state index is -2.49. The Morgan fingerprint density at radius 3 is 2.38 bits per heavy atom. The molecule has 0 bridgehead atoms. The van der Waals surface area contributed by atoms with Crippen LogP contribution in [0.5, 0.6) is 0 Å². The van der Waals surface area contributed by atoms with Crippen LogP contribution in [0.1, 0.15) is 38.5 Å². The maximum absolute atomic E-state index is 13.2. The maximum Gasteiger partial charge on any atom is 0.251 e. The van der Waals surface area contributed by atoms with Gasteiger partial charge in [-0.25, -0.2) is 8.78 Å². The molecule has 0 aromatic carbocycles. The lowest BCUT2D eigenvalue weighted by Gasteiger charge is -2.20. The molecule has 2 aliphatic carbocycles. The van der Waals surface area contributed by atoms with Crippen molar-refractivity contribution in [2.75, 3.05) is 0 Å². The lowest BCUT2D eigenvalue weighted by Crippen LogP contribution is -2.24. The summed E-state index contributed by atoms with van der Waals surface area (Å²) in [7, 11) is 0. The molecule has 0 saturated heterocycles. The van der Waals surface area contributed by atoms with Gasteiger partial charge in [-0.05, 0) is 32.1 Å². The maximum atomic E-state index is 13.2. The molecule has 0 heterocycles. The van der Waals surface area contributed by atoms with E-state index in [9.17, 15) is 8.78 Å². The first-order valence-electron chi connectivity index (χ1n) is 4.87. The molecule has 2 saturated carbocycles. The second kappa shape index (κ2) is 2.67. The van der Waals surface area contributed by atoms with Gasteiger partial charge in [0, 0.05) is 12.3 Å². The normalized spacial score (nSPS) is 34.1. The van der Waals surface area contributed by atoms with E-state index in [-0.39, 0.29) is 11.8 Å². The SMILES string of the molecule is N#CC1(CC2CCCC2(F)F)CC1. The van der Waals surface area contributed by atoms with Crippen molar-refractivity contribution in [2.24, 2.45) is 11.3 Å². The van der Waals surface area contributed by atoms with Gasteiger partial charge in [0.1, 0.15) is 0 Å². The number of nitriles is 1. The summed E-state index contributed by atoms with van der Waals surface area (Å²) in [6.07, 6.45) is 3.34. The lowest BCUT2D eigenvalue weighted by atomic mass is 9.90. The van der Waals surface area contributed by atoms with E-state index in [1.54, 1.807) is 0 Å². The van der Waals surface area contributed by atoms with E-state index in [0.717, 1.165) is 12.8 Å². The van der Waals surface area contributed by atoms with E-state index in [4.69, 9.17) is 5.26 Å². The van der Waals surface area contributed by atoms with Gasteiger partial charge in [-0.3, -0.25) is 0 Å². The fourth-order valence-electron chi connectivity index (χ4n) is 2.23. The van der Waals surface area contributed by atoms with E-state index >= 15 is 0 Å². The minimum absolute atomic E-state index is 0.0270. The fraction of sp³-hybridized carbons (Fsp3) is 0.900. The fourth-order valence-corrected chi connectivity index (χ4v) is 2.23. The standard InChI is InChI=1S/C10H13F2N/c11-10(12)3-1-2-8(10)6-9(7-13)4-5-9/h8H,1-6H2. The van der Waals surface area contributed by atoms with Crippen LogP contribution in [0.25, 0.3) is 0 Å². The summed E-state index contributed by atoms with van der Waals surface area (Å²) < 4.78 is 26.4.